The van der Waals surface area contributed by atoms with Crippen LogP contribution in [0.2, 0.25) is 0 Å². The van der Waals surface area contributed by atoms with Gasteiger partial charge < -0.3 is 10.7 Å². The molecule has 0 saturated heterocycles. The Bertz CT molecular complexity index is 658. The van der Waals surface area contributed by atoms with E-state index in [-0.39, 0.29) is 5.95 Å². The molecule has 0 bridgehead atoms. The highest BCUT2D eigenvalue weighted by atomic mass is 15.0. The number of nitrogens with zero attached hydrogens (tertiary/aromatic N) is 2. The van der Waals surface area contributed by atoms with Gasteiger partial charge in [0.1, 0.15) is 0 Å². The van der Waals surface area contributed by atoms with Crippen LogP contribution in [-0.2, 0) is 0 Å². The first-order valence-electron chi connectivity index (χ1n) is 5.66. The standard InChI is InChI=1S/C14H12N4/c15-14-16-9-8-13(18-14)12-7-6-11(17-12)10-4-2-1-3-5-10/h1-9,17H,(H2,15,16,18). The lowest BCUT2D eigenvalue weighted by molar-refractivity contribution is 1.18. The van der Waals surface area contributed by atoms with Crippen LogP contribution in [0.5, 0.6) is 0 Å². The van der Waals surface area contributed by atoms with Crippen LogP contribution < -0.4 is 5.73 Å². The molecule has 0 aliphatic rings. The Kier molecular flexibility index (Phi) is 2.53. The van der Waals surface area contributed by atoms with E-state index in [4.69, 9.17) is 5.73 Å². The molecule has 4 nitrogen and oxygen atoms in total. The summed E-state index contributed by atoms with van der Waals surface area (Å²) in [5.74, 6) is 0.281. The Morgan fingerprint density at radius 1 is 0.889 bits per heavy atom. The van der Waals surface area contributed by atoms with Gasteiger partial charge in [-0.3, -0.25) is 0 Å². The molecule has 2 aromatic heterocycles. The zero-order valence-electron chi connectivity index (χ0n) is 9.67. The molecule has 0 spiro atoms. The lowest BCUT2D eigenvalue weighted by Crippen LogP contribution is -1.95. The molecule has 0 atom stereocenters. The first kappa shape index (κ1) is 10.5. The number of nitrogens with two attached hydrogens (primary N) is 1. The average Bonchev–Trinajstić information content (AvgIpc) is 2.89. The van der Waals surface area contributed by atoms with E-state index in [2.05, 4.69) is 27.1 Å². The van der Waals surface area contributed by atoms with Gasteiger partial charge in [0.25, 0.3) is 0 Å². The average molecular weight is 236 g/mol. The lowest BCUT2D eigenvalue weighted by atomic mass is 10.2. The molecule has 0 saturated carbocycles. The smallest absolute Gasteiger partial charge is 0.220 e. The highest BCUT2D eigenvalue weighted by Crippen LogP contribution is 2.23. The molecule has 18 heavy (non-hydrogen) atoms. The van der Waals surface area contributed by atoms with Gasteiger partial charge in [0.2, 0.25) is 5.95 Å². The van der Waals surface area contributed by atoms with Crippen LogP contribution in [0.3, 0.4) is 0 Å². The van der Waals surface area contributed by atoms with Crippen molar-refractivity contribution in [3.63, 3.8) is 0 Å². The Hall–Kier alpha value is -2.62. The highest BCUT2D eigenvalue weighted by molar-refractivity contribution is 5.66. The molecule has 0 radical (unpaired) electrons. The molecule has 0 unspecified atom stereocenters. The fourth-order valence-electron chi connectivity index (χ4n) is 1.85. The predicted octanol–water partition coefficient (Wildman–Crippen LogP) is 2.72. The van der Waals surface area contributed by atoms with Gasteiger partial charge in [0.05, 0.1) is 11.4 Å². The minimum atomic E-state index is 0.281. The third kappa shape index (κ3) is 1.96. The molecule has 3 N–H and O–H groups in total. The summed E-state index contributed by atoms with van der Waals surface area (Å²) < 4.78 is 0. The quantitative estimate of drug-likeness (QED) is 0.718. The van der Waals surface area contributed by atoms with Gasteiger partial charge in [-0.05, 0) is 23.8 Å². The van der Waals surface area contributed by atoms with Crippen molar-refractivity contribution in [1.82, 2.24) is 15.0 Å². The van der Waals surface area contributed by atoms with Crippen molar-refractivity contribution < 1.29 is 0 Å². The van der Waals surface area contributed by atoms with Gasteiger partial charge in [0, 0.05) is 11.9 Å². The normalized spacial score (nSPS) is 10.4. The summed E-state index contributed by atoms with van der Waals surface area (Å²) in [6, 6.07) is 16.0. The second-order valence-electron chi connectivity index (χ2n) is 3.95. The third-order valence-electron chi connectivity index (χ3n) is 2.72. The summed E-state index contributed by atoms with van der Waals surface area (Å²) in [5, 5.41) is 0. The third-order valence-corrected chi connectivity index (χ3v) is 2.72. The van der Waals surface area contributed by atoms with Gasteiger partial charge in [-0.15, -0.1) is 0 Å². The number of hydrogen-bond acceptors (Lipinski definition) is 3. The number of benzene rings is 1. The van der Waals surface area contributed by atoms with E-state index in [1.807, 2.05) is 36.4 Å². The molecule has 4 heteroatoms. The molecule has 1 aromatic carbocycles. The van der Waals surface area contributed by atoms with E-state index >= 15 is 0 Å². The minimum Gasteiger partial charge on any atom is -0.368 e. The topological polar surface area (TPSA) is 67.6 Å². The summed E-state index contributed by atoms with van der Waals surface area (Å²) in [5.41, 5.74) is 9.51. The zero-order valence-corrected chi connectivity index (χ0v) is 9.67. The van der Waals surface area contributed by atoms with Crippen LogP contribution >= 0.6 is 0 Å². The summed E-state index contributed by atoms with van der Waals surface area (Å²) in [4.78, 5) is 11.4. The molecule has 2 heterocycles. The first-order valence-corrected chi connectivity index (χ1v) is 5.66. The second-order valence-corrected chi connectivity index (χ2v) is 3.95. The van der Waals surface area contributed by atoms with Crippen LogP contribution in [0.25, 0.3) is 22.6 Å². The Labute approximate surface area is 105 Å². The van der Waals surface area contributed by atoms with Gasteiger partial charge in [-0.1, -0.05) is 30.3 Å². The number of nitrogen functional groups attached to an aromatic ring is 1. The van der Waals surface area contributed by atoms with Crippen molar-refractivity contribution in [2.24, 2.45) is 0 Å². The predicted molar refractivity (Wildman–Crippen MR) is 71.7 cm³/mol. The van der Waals surface area contributed by atoms with Crippen LogP contribution in [0.4, 0.5) is 5.95 Å². The van der Waals surface area contributed by atoms with Crippen molar-refractivity contribution in [3.8, 4) is 22.6 Å². The second kappa shape index (κ2) is 4.33. The largest absolute Gasteiger partial charge is 0.368 e. The molecule has 0 amide bonds. The number of H-pyrrole nitrogens is 1. The van der Waals surface area contributed by atoms with Crippen molar-refractivity contribution in [3.05, 3.63) is 54.7 Å². The number of hydrogen-bond donors (Lipinski definition) is 2. The highest BCUT2D eigenvalue weighted by Gasteiger charge is 2.04. The summed E-state index contributed by atoms with van der Waals surface area (Å²) in [6.45, 7) is 0. The van der Waals surface area contributed by atoms with Gasteiger partial charge in [-0.25, -0.2) is 9.97 Å². The number of nitrogens with one attached hydrogen (secondary N) is 1. The maximum absolute atomic E-state index is 5.58. The SMILES string of the molecule is Nc1nccc(-c2ccc(-c3ccccc3)[nH]2)n1. The molecule has 0 fully saturated rings. The van der Waals surface area contributed by atoms with E-state index in [1.165, 1.54) is 0 Å². The number of aromatic nitrogens is 3. The summed E-state index contributed by atoms with van der Waals surface area (Å²) in [6.07, 6.45) is 1.65. The van der Waals surface area contributed by atoms with Crippen molar-refractivity contribution in [2.75, 3.05) is 5.73 Å². The number of rotatable bonds is 2. The minimum absolute atomic E-state index is 0.281. The van der Waals surface area contributed by atoms with Crippen LogP contribution in [0.15, 0.2) is 54.7 Å². The molecule has 3 rings (SSSR count). The number of aromatic amines is 1. The Balaban J connectivity index is 2.00. The molecular formula is C14H12N4. The molecular weight excluding hydrogens is 224 g/mol. The maximum Gasteiger partial charge on any atom is 0.220 e. The fourth-order valence-corrected chi connectivity index (χ4v) is 1.85. The van der Waals surface area contributed by atoms with Gasteiger partial charge in [0.15, 0.2) is 0 Å². The fraction of sp³-hybridized carbons (Fsp3) is 0. The first-order chi connectivity index (χ1) is 8.83. The van der Waals surface area contributed by atoms with E-state index < -0.39 is 0 Å². The van der Waals surface area contributed by atoms with E-state index in [0.29, 0.717) is 0 Å². The van der Waals surface area contributed by atoms with Gasteiger partial charge >= 0.3 is 0 Å². The van der Waals surface area contributed by atoms with Crippen LogP contribution in [-0.4, -0.2) is 15.0 Å². The van der Waals surface area contributed by atoms with Gasteiger partial charge in [-0.2, -0.15) is 0 Å². The summed E-state index contributed by atoms with van der Waals surface area (Å²) >= 11 is 0. The lowest BCUT2D eigenvalue weighted by Gasteiger charge is -1.99. The van der Waals surface area contributed by atoms with E-state index in [1.54, 1.807) is 6.20 Å². The van der Waals surface area contributed by atoms with E-state index in [0.717, 1.165) is 22.6 Å². The monoisotopic (exact) mass is 236 g/mol. The zero-order chi connectivity index (χ0) is 12.4. The summed E-state index contributed by atoms with van der Waals surface area (Å²) in [7, 11) is 0. The van der Waals surface area contributed by atoms with E-state index in [9.17, 15) is 0 Å². The van der Waals surface area contributed by atoms with Crippen LogP contribution in [0, 0.1) is 0 Å². The van der Waals surface area contributed by atoms with Crippen molar-refractivity contribution in [2.45, 2.75) is 0 Å². The molecule has 0 aliphatic heterocycles. The molecule has 3 aromatic rings. The molecule has 0 aliphatic carbocycles. The Morgan fingerprint density at radius 2 is 1.67 bits per heavy atom. The van der Waals surface area contributed by atoms with Crippen LogP contribution in [0.1, 0.15) is 0 Å². The Morgan fingerprint density at radius 3 is 2.44 bits per heavy atom. The molecule has 88 valence electrons. The number of anilines is 1. The maximum atomic E-state index is 5.58. The van der Waals surface area contributed by atoms with Crippen molar-refractivity contribution in [1.29, 1.82) is 0 Å². The van der Waals surface area contributed by atoms with Crippen molar-refractivity contribution >= 4 is 5.95 Å².